The summed E-state index contributed by atoms with van der Waals surface area (Å²) in [5.74, 6) is 0. The maximum atomic E-state index is 2.50. The lowest BCUT2D eigenvalue weighted by molar-refractivity contribution is 1.53. The van der Waals surface area contributed by atoms with Gasteiger partial charge in [0.15, 0.2) is 8.07 Å². The molecule has 0 saturated heterocycles. The first kappa shape index (κ1) is 19.5. The van der Waals surface area contributed by atoms with Crippen LogP contribution in [0.1, 0.15) is 5.56 Å². The molecule has 0 spiro atoms. The maximum absolute atomic E-state index is 2.50. The molecule has 34 heavy (non-hydrogen) atoms. The minimum Gasteiger partial charge on any atom is -0.0623 e. The summed E-state index contributed by atoms with van der Waals surface area (Å²) in [4.78, 5) is 0. The fourth-order valence-corrected chi connectivity index (χ4v) is 11.4. The van der Waals surface area contributed by atoms with Gasteiger partial charge in [-0.05, 0) is 72.0 Å². The van der Waals surface area contributed by atoms with E-state index in [1.165, 1.54) is 59.0 Å². The summed E-state index contributed by atoms with van der Waals surface area (Å²) < 4.78 is 0. The van der Waals surface area contributed by atoms with Crippen molar-refractivity contribution in [3.8, 4) is 11.1 Å². The Morgan fingerprint density at radius 2 is 1.09 bits per heavy atom. The van der Waals surface area contributed by atoms with E-state index in [-0.39, 0.29) is 0 Å². The molecule has 1 aliphatic rings. The van der Waals surface area contributed by atoms with Gasteiger partial charge >= 0.3 is 0 Å². The minimum atomic E-state index is -2.48. The van der Waals surface area contributed by atoms with Crippen molar-refractivity contribution in [3.63, 3.8) is 0 Å². The molecule has 0 atom stereocenters. The summed E-state index contributed by atoms with van der Waals surface area (Å²) in [5.41, 5.74) is 4.17. The third kappa shape index (κ3) is 2.53. The van der Waals surface area contributed by atoms with Crippen molar-refractivity contribution in [2.45, 2.75) is 6.92 Å². The molecule has 0 nitrogen and oxygen atoms in total. The van der Waals surface area contributed by atoms with Crippen LogP contribution in [0.25, 0.3) is 32.7 Å². The molecule has 0 fully saturated rings. The molecule has 0 radical (unpaired) electrons. The average Bonchev–Trinajstić information content (AvgIpc) is 3.19. The third-order valence-corrected chi connectivity index (χ3v) is 12.5. The first-order chi connectivity index (χ1) is 16.8. The van der Waals surface area contributed by atoms with Crippen molar-refractivity contribution in [2.24, 2.45) is 0 Å². The van der Waals surface area contributed by atoms with Gasteiger partial charge in [-0.3, -0.25) is 0 Å². The Hall–Kier alpha value is -3.94. The third-order valence-electron chi connectivity index (χ3n) is 7.66. The van der Waals surface area contributed by atoms with Gasteiger partial charge in [0.1, 0.15) is 0 Å². The second-order valence-electron chi connectivity index (χ2n) is 9.39. The van der Waals surface area contributed by atoms with Crippen LogP contribution in [0.15, 0.2) is 127 Å². The lowest BCUT2D eigenvalue weighted by Gasteiger charge is -2.31. The van der Waals surface area contributed by atoms with E-state index in [9.17, 15) is 0 Å². The zero-order valence-electron chi connectivity index (χ0n) is 19.1. The van der Waals surface area contributed by atoms with Crippen LogP contribution in [0.3, 0.4) is 0 Å². The lowest BCUT2D eigenvalue weighted by atomic mass is 9.95. The zero-order chi connectivity index (χ0) is 22.7. The van der Waals surface area contributed by atoms with Crippen molar-refractivity contribution in [2.75, 3.05) is 0 Å². The van der Waals surface area contributed by atoms with Crippen molar-refractivity contribution in [3.05, 3.63) is 133 Å². The van der Waals surface area contributed by atoms with E-state index in [0.29, 0.717) is 0 Å². The Morgan fingerprint density at radius 3 is 1.76 bits per heavy atom. The molecular formula is C33H24Si. The summed E-state index contributed by atoms with van der Waals surface area (Å²) in [6.45, 7) is 2.23. The number of hydrogen-bond acceptors (Lipinski definition) is 0. The molecule has 1 heteroatoms. The van der Waals surface area contributed by atoms with E-state index in [0.717, 1.165) is 0 Å². The molecule has 6 aromatic rings. The van der Waals surface area contributed by atoms with Gasteiger partial charge in [-0.2, -0.15) is 0 Å². The number of aryl methyl sites for hydroxylation is 1. The first-order valence-electron chi connectivity index (χ1n) is 12.0. The smallest absolute Gasteiger partial charge is 0.0623 e. The predicted molar refractivity (Wildman–Crippen MR) is 149 cm³/mol. The Labute approximate surface area is 201 Å². The molecule has 160 valence electrons. The number of rotatable bonds is 2. The molecule has 0 amide bonds. The van der Waals surface area contributed by atoms with Gasteiger partial charge in [-0.15, -0.1) is 0 Å². The Bertz CT molecular complexity index is 1660. The van der Waals surface area contributed by atoms with Crippen molar-refractivity contribution < 1.29 is 0 Å². The molecule has 0 aromatic heterocycles. The van der Waals surface area contributed by atoms with Gasteiger partial charge in [-0.1, -0.05) is 121 Å². The van der Waals surface area contributed by atoms with E-state index in [2.05, 4.69) is 134 Å². The molecule has 0 bridgehead atoms. The number of hydrogen-bond donors (Lipinski definition) is 0. The van der Waals surface area contributed by atoms with Crippen LogP contribution in [0.5, 0.6) is 0 Å². The summed E-state index contributed by atoms with van der Waals surface area (Å²) >= 11 is 0. The highest BCUT2D eigenvalue weighted by molar-refractivity contribution is 7.22. The van der Waals surface area contributed by atoms with E-state index in [1.807, 2.05) is 0 Å². The van der Waals surface area contributed by atoms with Crippen LogP contribution < -0.4 is 20.7 Å². The van der Waals surface area contributed by atoms with Crippen LogP contribution in [0.2, 0.25) is 0 Å². The van der Waals surface area contributed by atoms with Gasteiger partial charge in [0.05, 0.1) is 0 Å². The lowest BCUT2D eigenvalue weighted by Crippen LogP contribution is -2.72. The molecule has 7 rings (SSSR count). The predicted octanol–water partition coefficient (Wildman–Crippen LogP) is 5.66. The Kier molecular flexibility index (Phi) is 4.18. The van der Waals surface area contributed by atoms with Crippen LogP contribution in [0, 0.1) is 6.92 Å². The molecule has 1 heterocycles. The normalized spacial score (nSPS) is 13.7. The van der Waals surface area contributed by atoms with Crippen molar-refractivity contribution >= 4 is 50.4 Å². The van der Waals surface area contributed by atoms with Crippen LogP contribution in [-0.4, -0.2) is 8.07 Å². The first-order valence-corrected chi connectivity index (χ1v) is 14.0. The highest BCUT2D eigenvalue weighted by Crippen LogP contribution is 2.37. The standard InChI is InChI=1S/C33H24Si/c1-23-11-10-18-29-28(23)19-20-31-33(29)30-21-24-12-8-9-13-25(24)22-32(30)34(31,26-14-4-2-5-15-26)27-16-6-3-7-17-27/h2-22H,1H3. The number of fused-ring (bicyclic) bond motifs is 6. The van der Waals surface area contributed by atoms with Crippen LogP contribution >= 0.6 is 0 Å². The van der Waals surface area contributed by atoms with Gasteiger partial charge < -0.3 is 0 Å². The zero-order valence-corrected chi connectivity index (χ0v) is 20.1. The highest BCUT2D eigenvalue weighted by Gasteiger charge is 2.49. The van der Waals surface area contributed by atoms with Gasteiger partial charge in [-0.25, -0.2) is 0 Å². The Morgan fingerprint density at radius 1 is 0.471 bits per heavy atom. The Balaban J connectivity index is 1.74. The highest BCUT2D eigenvalue weighted by atomic mass is 28.3. The molecule has 0 saturated carbocycles. The van der Waals surface area contributed by atoms with E-state index < -0.39 is 8.07 Å². The van der Waals surface area contributed by atoms with Crippen molar-refractivity contribution in [1.29, 1.82) is 0 Å². The maximum Gasteiger partial charge on any atom is 0.180 e. The molecule has 6 aromatic carbocycles. The second kappa shape index (κ2) is 7.28. The fraction of sp³-hybridized carbons (Fsp3) is 0.0303. The van der Waals surface area contributed by atoms with E-state index >= 15 is 0 Å². The van der Waals surface area contributed by atoms with Gasteiger partial charge in [0, 0.05) is 0 Å². The molecule has 0 N–H and O–H groups in total. The quantitative estimate of drug-likeness (QED) is 0.299. The van der Waals surface area contributed by atoms with Crippen molar-refractivity contribution in [1.82, 2.24) is 0 Å². The second-order valence-corrected chi connectivity index (χ2v) is 13.1. The molecule has 1 aliphatic heterocycles. The SMILES string of the molecule is Cc1cccc2c3c(ccc12)[Si](c1ccccc1)(c1ccccc1)c1cc2ccccc2cc1-3. The summed E-state index contributed by atoms with van der Waals surface area (Å²) in [6.07, 6.45) is 0. The van der Waals surface area contributed by atoms with Crippen LogP contribution in [-0.2, 0) is 0 Å². The summed E-state index contributed by atoms with van der Waals surface area (Å²) in [7, 11) is -2.48. The summed E-state index contributed by atoms with van der Waals surface area (Å²) in [6, 6.07) is 47.8. The molecular weight excluding hydrogens is 424 g/mol. The molecule has 0 unspecified atom stereocenters. The monoisotopic (exact) mass is 448 g/mol. The minimum absolute atomic E-state index is 1.31. The van der Waals surface area contributed by atoms with Gasteiger partial charge in [0.25, 0.3) is 0 Å². The topological polar surface area (TPSA) is 0 Å². The van der Waals surface area contributed by atoms with E-state index in [1.54, 1.807) is 0 Å². The average molecular weight is 449 g/mol. The largest absolute Gasteiger partial charge is 0.180 e. The molecule has 0 aliphatic carbocycles. The van der Waals surface area contributed by atoms with Gasteiger partial charge in [0.2, 0.25) is 0 Å². The number of benzene rings is 6. The fourth-order valence-electron chi connectivity index (χ4n) is 6.19. The van der Waals surface area contributed by atoms with E-state index in [4.69, 9.17) is 0 Å². The summed E-state index contributed by atoms with van der Waals surface area (Å²) in [5, 5.41) is 11.3. The van der Waals surface area contributed by atoms with Crippen LogP contribution in [0.4, 0.5) is 0 Å².